The van der Waals surface area contributed by atoms with Gasteiger partial charge in [0.2, 0.25) is 11.8 Å². The molecular formula is C36H41Cl2N5O3. The van der Waals surface area contributed by atoms with E-state index in [0.717, 1.165) is 48.3 Å². The minimum atomic E-state index is -0.333. The summed E-state index contributed by atoms with van der Waals surface area (Å²) in [5, 5.41) is 7.30. The molecule has 3 aromatic rings. The van der Waals surface area contributed by atoms with Crippen LogP contribution in [0.1, 0.15) is 58.4 Å². The van der Waals surface area contributed by atoms with Gasteiger partial charge >= 0.3 is 0 Å². The van der Waals surface area contributed by atoms with Gasteiger partial charge in [0.25, 0.3) is 5.91 Å². The van der Waals surface area contributed by atoms with Crippen LogP contribution in [-0.2, 0) is 16.1 Å². The molecule has 46 heavy (non-hydrogen) atoms. The first-order valence-electron chi connectivity index (χ1n) is 16.0. The average molecular weight is 663 g/mol. The first-order valence-corrected chi connectivity index (χ1v) is 16.8. The monoisotopic (exact) mass is 661 g/mol. The Balaban J connectivity index is 1.08. The number of likely N-dealkylation sites (tertiary alicyclic amines) is 1. The lowest BCUT2D eigenvalue weighted by Crippen LogP contribution is -2.55. The molecule has 3 fully saturated rings. The number of piperazine rings is 1. The van der Waals surface area contributed by atoms with E-state index in [1.165, 1.54) is 12.5 Å². The van der Waals surface area contributed by atoms with Gasteiger partial charge in [-0.05, 0) is 80.1 Å². The van der Waals surface area contributed by atoms with Crippen molar-refractivity contribution in [3.05, 3.63) is 98.5 Å². The van der Waals surface area contributed by atoms with E-state index in [-0.39, 0.29) is 30.3 Å². The number of aryl methyl sites for hydroxylation is 2. The molecule has 4 atom stereocenters. The number of hydrogen-bond acceptors (Lipinski definition) is 5. The first kappa shape index (κ1) is 32.5. The Morgan fingerprint density at radius 3 is 2.26 bits per heavy atom. The van der Waals surface area contributed by atoms with Crippen molar-refractivity contribution in [3.8, 4) is 0 Å². The molecule has 2 bridgehead atoms. The van der Waals surface area contributed by atoms with Crippen LogP contribution in [0, 0.1) is 19.8 Å². The fraction of sp³-hybridized carbons (Fsp3) is 0.417. The van der Waals surface area contributed by atoms with E-state index in [4.69, 9.17) is 23.2 Å². The molecule has 1 aliphatic carbocycles. The average Bonchev–Trinajstić information content (AvgIpc) is 3.61. The molecule has 8 nitrogen and oxygen atoms in total. The molecule has 1 saturated carbocycles. The molecule has 2 unspecified atom stereocenters. The van der Waals surface area contributed by atoms with Gasteiger partial charge < -0.3 is 20.4 Å². The Labute approximate surface area is 281 Å². The fourth-order valence-corrected chi connectivity index (χ4v) is 7.80. The number of amides is 3. The van der Waals surface area contributed by atoms with E-state index in [1.54, 1.807) is 6.07 Å². The molecule has 0 spiro atoms. The maximum absolute atomic E-state index is 13.8. The zero-order valence-electron chi connectivity index (χ0n) is 26.6. The predicted molar refractivity (Wildman–Crippen MR) is 182 cm³/mol. The third-order valence-corrected chi connectivity index (χ3v) is 10.4. The quantitative estimate of drug-likeness (QED) is 0.317. The van der Waals surface area contributed by atoms with E-state index in [2.05, 4.69) is 33.7 Å². The predicted octanol–water partition coefficient (Wildman–Crippen LogP) is 5.85. The molecule has 3 aliphatic rings. The van der Waals surface area contributed by atoms with Crippen LogP contribution in [0.2, 0.25) is 10.0 Å². The second-order valence-electron chi connectivity index (χ2n) is 13.1. The molecule has 6 rings (SSSR count). The van der Waals surface area contributed by atoms with E-state index >= 15 is 0 Å². The Morgan fingerprint density at radius 1 is 0.870 bits per heavy atom. The second kappa shape index (κ2) is 13.7. The van der Waals surface area contributed by atoms with E-state index < -0.39 is 0 Å². The minimum absolute atomic E-state index is 0.0217. The van der Waals surface area contributed by atoms with Gasteiger partial charge in [-0.3, -0.25) is 19.3 Å². The number of carbonyl (C=O) groups is 3. The van der Waals surface area contributed by atoms with Crippen LogP contribution in [0.4, 0.5) is 5.69 Å². The molecule has 0 aromatic heterocycles. The topological polar surface area (TPSA) is 85.0 Å². The number of benzene rings is 3. The van der Waals surface area contributed by atoms with E-state index in [1.807, 2.05) is 60.0 Å². The highest BCUT2D eigenvalue weighted by Crippen LogP contribution is 2.39. The fourth-order valence-electron chi connectivity index (χ4n) is 7.49. The summed E-state index contributed by atoms with van der Waals surface area (Å²) in [6, 6.07) is 19.9. The number of anilines is 1. The Morgan fingerprint density at radius 2 is 1.61 bits per heavy atom. The Hall–Kier alpha value is -3.43. The highest BCUT2D eigenvalue weighted by atomic mass is 35.5. The van der Waals surface area contributed by atoms with E-state index in [0.29, 0.717) is 53.2 Å². The molecule has 2 heterocycles. The van der Waals surface area contributed by atoms with Gasteiger partial charge in [-0.25, -0.2) is 0 Å². The summed E-state index contributed by atoms with van der Waals surface area (Å²) in [4.78, 5) is 45.0. The van der Waals surface area contributed by atoms with Crippen molar-refractivity contribution in [2.24, 2.45) is 5.92 Å². The number of rotatable bonds is 8. The van der Waals surface area contributed by atoms with Gasteiger partial charge in [0, 0.05) is 63.0 Å². The van der Waals surface area contributed by atoms with Crippen molar-refractivity contribution in [2.45, 2.75) is 58.3 Å². The second-order valence-corrected chi connectivity index (χ2v) is 13.9. The van der Waals surface area contributed by atoms with Gasteiger partial charge in [0.05, 0.1) is 22.6 Å². The highest BCUT2D eigenvalue weighted by molar-refractivity contribution is 6.42. The molecule has 242 valence electrons. The normalized spacial score (nSPS) is 22.7. The van der Waals surface area contributed by atoms with Gasteiger partial charge in [-0.1, -0.05) is 58.6 Å². The van der Waals surface area contributed by atoms with Crippen molar-refractivity contribution < 1.29 is 14.4 Å². The summed E-state index contributed by atoms with van der Waals surface area (Å²) in [6.45, 7) is 8.91. The largest absolute Gasteiger partial charge is 0.334 e. The smallest absolute Gasteiger partial charge is 0.254 e. The summed E-state index contributed by atoms with van der Waals surface area (Å²) in [5.74, 6) is 0.414. The maximum Gasteiger partial charge on any atom is 0.254 e. The van der Waals surface area contributed by atoms with Crippen molar-refractivity contribution in [2.75, 3.05) is 38.0 Å². The molecule has 3 amide bonds. The minimum Gasteiger partial charge on any atom is -0.334 e. The van der Waals surface area contributed by atoms with Crippen molar-refractivity contribution >= 4 is 46.6 Å². The number of piperidine rings is 1. The van der Waals surface area contributed by atoms with Crippen molar-refractivity contribution in [3.63, 3.8) is 0 Å². The highest BCUT2D eigenvalue weighted by Gasteiger charge is 2.44. The lowest BCUT2D eigenvalue weighted by molar-refractivity contribution is -0.135. The molecular weight excluding hydrogens is 621 g/mol. The lowest BCUT2D eigenvalue weighted by Gasteiger charge is -2.42. The number of halogens is 2. The Bertz CT molecular complexity index is 1610. The molecule has 2 N–H and O–H groups in total. The van der Waals surface area contributed by atoms with Crippen LogP contribution >= 0.6 is 23.2 Å². The van der Waals surface area contributed by atoms with Crippen LogP contribution in [-0.4, -0.2) is 77.2 Å². The molecule has 3 aromatic carbocycles. The maximum atomic E-state index is 13.8. The van der Waals surface area contributed by atoms with Crippen LogP contribution in [0.25, 0.3) is 0 Å². The van der Waals surface area contributed by atoms with Gasteiger partial charge in [0.15, 0.2) is 0 Å². The summed E-state index contributed by atoms with van der Waals surface area (Å²) in [7, 11) is 0. The third-order valence-electron chi connectivity index (χ3n) is 9.62. The standard InChI is InChI=1S/C36H41Cl2N5O3/c1-22-12-23(2)14-27(13-22)36(46)41-10-11-43(34(21-41)26-6-9-31(37)32(38)16-26)35(45)18-39-33-17-30-15-28(33)20-42(30)19-25-4-7-29(8-5-25)40-24(3)44/h4-9,12-14,16,28,30,33-34,39H,10-11,15,17-21H2,1-3H3,(H,40,44)/t28?,30?,33-,34-/m0/s1. The molecule has 10 heteroatoms. The third kappa shape index (κ3) is 7.26. The number of fused-ring (bicyclic) bond motifs is 2. The first-order chi connectivity index (χ1) is 22.0. The number of nitrogens with one attached hydrogen (secondary N) is 2. The zero-order chi connectivity index (χ0) is 32.5. The summed E-state index contributed by atoms with van der Waals surface area (Å²) < 4.78 is 0. The number of hydrogen-bond donors (Lipinski definition) is 2. The number of carbonyl (C=O) groups excluding carboxylic acids is 3. The molecule has 2 aliphatic heterocycles. The van der Waals surface area contributed by atoms with Gasteiger partial charge in [-0.2, -0.15) is 0 Å². The lowest BCUT2D eigenvalue weighted by atomic mass is 10.00. The van der Waals surface area contributed by atoms with Gasteiger partial charge in [-0.15, -0.1) is 0 Å². The SMILES string of the molecule is CC(=O)Nc1ccc(CN2CC3CC2C[C@@H]3NCC(=O)N2CCN(C(=O)c3cc(C)cc(C)c3)C[C@H]2c2ccc(Cl)c(Cl)c2)cc1. The van der Waals surface area contributed by atoms with Crippen molar-refractivity contribution in [1.82, 2.24) is 20.0 Å². The Kier molecular flexibility index (Phi) is 9.71. The summed E-state index contributed by atoms with van der Waals surface area (Å²) >= 11 is 12.6. The van der Waals surface area contributed by atoms with Crippen molar-refractivity contribution in [1.29, 1.82) is 0 Å². The van der Waals surface area contributed by atoms with Crippen LogP contribution in [0.15, 0.2) is 60.7 Å². The van der Waals surface area contributed by atoms with Crippen LogP contribution in [0.3, 0.4) is 0 Å². The zero-order valence-corrected chi connectivity index (χ0v) is 28.1. The molecule has 2 saturated heterocycles. The number of nitrogens with zero attached hydrogens (tertiary/aromatic N) is 3. The van der Waals surface area contributed by atoms with Crippen LogP contribution < -0.4 is 10.6 Å². The van der Waals surface area contributed by atoms with Crippen LogP contribution in [0.5, 0.6) is 0 Å². The van der Waals surface area contributed by atoms with E-state index in [9.17, 15) is 14.4 Å². The summed E-state index contributed by atoms with van der Waals surface area (Å²) in [6.07, 6.45) is 2.14. The van der Waals surface area contributed by atoms with Gasteiger partial charge in [0.1, 0.15) is 0 Å². The molecule has 0 radical (unpaired) electrons. The summed E-state index contributed by atoms with van der Waals surface area (Å²) in [5.41, 5.74) is 5.66.